The summed E-state index contributed by atoms with van der Waals surface area (Å²) < 4.78 is 0. The Labute approximate surface area is 129 Å². The van der Waals surface area contributed by atoms with Crippen LogP contribution in [0.25, 0.3) is 0 Å². The molecule has 0 aromatic rings. The summed E-state index contributed by atoms with van der Waals surface area (Å²) in [6.07, 6.45) is 3.81. The molecule has 0 radical (unpaired) electrons. The standard InChI is InChI=1S/C17H32N2O2/c1-12(11-19(5)6)18-16(21)14-10-8-7-9-13(14)15(20)17(2,3)4/h12-14H,7-11H2,1-6H3,(H,18,21)/t12?,13-,14+/m1/s1. The van der Waals surface area contributed by atoms with E-state index in [4.69, 9.17) is 0 Å². The molecule has 0 aromatic heterocycles. The molecule has 1 aliphatic rings. The molecule has 0 spiro atoms. The van der Waals surface area contributed by atoms with Gasteiger partial charge in [-0.3, -0.25) is 9.59 Å². The van der Waals surface area contributed by atoms with Gasteiger partial charge < -0.3 is 10.2 Å². The molecule has 0 bridgehead atoms. The molecule has 1 rings (SSSR count). The molecule has 0 heterocycles. The molecular formula is C17H32N2O2. The number of amides is 1. The Morgan fingerprint density at radius 3 is 2.14 bits per heavy atom. The van der Waals surface area contributed by atoms with Gasteiger partial charge in [-0.15, -0.1) is 0 Å². The van der Waals surface area contributed by atoms with Crippen LogP contribution in [-0.2, 0) is 9.59 Å². The third-order valence-corrected chi connectivity index (χ3v) is 4.21. The highest BCUT2D eigenvalue weighted by Gasteiger charge is 2.39. The summed E-state index contributed by atoms with van der Waals surface area (Å²) in [5.74, 6) is 0.0506. The molecule has 1 unspecified atom stereocenters. The number of Topliss-reactive ketones (excluding diaryl/α,β-unsaturated/α-hetero) is 1. The highest BCUT2D eigenvalue weighted by Crippen LogP contribution is 2.35. The number of carbonyl (C=O) groups excluding carboxylic acids is 2. The van der Waals surface area contributed by atoms with Crippen LogP contribution in [0.1, 0.15) is 53.4 Å². The fourth-order valence-corrected chi connectivity index (χ4v) is 3.26. The second kappa shape index (κ2) is 7.39. The topological polar surface area (TPSA) is 49.4 Å². The summed E-state index contributed by atoms with van der Waals surface area (Å²) in [4.78, 5) is 27.2. The van der Waals surface area contributed by atoms with Crippen LogP contribution in [0.2, 0.25) is 0 Å². The normalized spacial score (nSPS) is 24.7. The van der Waals surface area contributed by atoms with Crippen LogP contribution in [-0.4, -0.2) is 43.3 Å². The van der Waals surface area contributed by atoms with Crippen molar-refractivity contribution in [2.24, 2.45) is 17.3 Å². The third-order valence-electron chi connectivity index (χ3n) is 4.21. The number of hydrogen-bond donors (Lipinski definition) is 1. The first kappa shape index (κ1) is 18.1. The van der Waals surface area contributed by atoms with Gasteiger partial charge in [-0.1, -0.05) is 33.6 Å². The van der Waals surface area contributed by atoms with Gasteiger partial charge in [0.2, 0.25) is 5.91 Å². The third kappa shape index (κ3) is 5.42. The van der Waals surface area contributed by atoms with Gasteiger partial charge in [0.1, 0.15) is 5.78 Å². The predicted octanol–water partition coefficient (Wildman–Crippen LogP) is 2.47. The lowest BCUT2D eigenvalue weighted by molar-refractivity contribution is -0.140. The first-order chi connectivity index (χ1) is 9.62. The van der Waals surface area contributed by atoms with E-state index < -0.39 is 0 Å². The number of likely N-dealkylation sites (N-methyl/N-ethyl adjacent to an activating group) is 1. The number of hydrogen-bond acceptors (Lipinski definition) is 3. The van der Waals surface area contributed by atoms with Gasteiger partial charge in [0.15, 0.2) is 0 Å². The molecule has 0 saturated heterocycles. The molecule has 3 atom stereocenters. The number of ketones is 1. The van der Waals surface area contributed by atoms with Crippen molar-refractivity contribution in [3.05, 3.63) is 0 Å². The molecule has 4 nitrogen and oxygen atoms in total. The summed E-state index contributed by atoms with van der Waals surface area (Å²) in [7, 11) is 3.99. The molecule has 21 heavy (non-hydrogen) atoms. The predicted molar refractivity (Wildman–Crippen MR) is 86.1 cm³/mol. The highest BCUT2D eigenvalue weighted by atomic mass is 16.2. The molecule has 1 saturated carbocycles. The van der Waals surface area contributed by atoms with Crippen molar-refractivity contribution >= 4 is 11.7 Å². The summed E-state index contributed by atoms with van der Waals surface area (Å²) in [6, 6.07) is 0.111. The Hall–Kier alpha value is -0.900. The summed E-state index contributed by atoms with van der Waals surface area (Å²) in [6.45, 7) is 8.69. The van der Waals surface area contributed by atoms with Gasteiger partial charge in [0.25, 0.3) is 0 Å². The van der Waals surface area contributed by atoms with E-state index in [1.165, 1.54) is 0 Å². The van der Waals surface area contributed by atoms with Crippen LogP contribution < -0.4 is 5.32 Å². The fourth-order valence-electron chi connectivity index (χ4n) is 3.26. The lowest BCUT2D eigenvalue weighted by Crippen LogP contribution is -2.47. The number of nitrogens with zero attached hydrogens (tertiary/aromatic N) is 1. The summed E-state index contributed by atoms with van der Waals surface area (Å²) in [5.41, 5.74) is -0.365. The van der Waals surface area contributed by atoms with E-state index in [1.807, 2.05) is 41.8 Å². The van der Waals surface area contributed by atoms with Crippen molar-refractivity contribution in [3.8, 4) is 0 Å². The Morgan fingerprint density at radius 2 is 1.67 bits per heavy atom. The highest BCUT2D eigenvalue weighted by molar-refractivity contribution is 5.91. The minimum atomic E-state index is -0.365. The maximum Gasteiger partial charge on any atom is 0.224 e. The van der Waals surface area contributed by atoms with Gasteiger partial charge >= 0.3 is 0 Å². The second-order valence-corrected chi connectivity index (χ2v) is 7.78. The molecular weight excluding hydrogens is 264 g/mol. The van der Waals surface area contributed by atoms with Crippen molar-refractivity contribution in [1.29, 1.82) is 0 Å². The number of carbonyl (C=O) groups is 2. The number of rotatable bonds is 5. The van der Waals surface area contributed by atoms with E-state index in [0.717, 1.165) is 32.2 Å². The van der Waals surface area contributed by atoms with Crippen LogP contribution >= 0.6 is 0 Å². The minimum absolute atomic E-state index is 0.0617. The zero-order valence-corrected chi connectivity index (χ0v) is 14.5. The number of nitrogens with one attached hydrogen (secondary N) is 1. The van der Waals surface area contributed by atoms with Gasteiger partial charge in [0.05, 0.1) is 0 Å². The van der Waals surface area contributed by atoms with E-state index in [9.17, 15) is 9.59 Å². The van der Waals surface area contributed by atoms with Crippen molar-refractivity contribution in [3.63, 3.8) is 0 Å². The molecule has 1 N–H and O–H groups in total. The Kier molecular flexibility index (Phi) is 6.39. The molecule has 0 aromatic carbocycles. The Balaban J connectivity index is 2.72. The smallest absolute Gasteiger partial charge is 0.224 e. The largest absolute Gasteiger partial charge is 0.352 e. The zero-order chi connectivity index (χ0) is 16.2. The molecule has 1 amide bonds. The Bertz CT molecular complexity index is 371. The van der Waals surface area contributed by atoms with E-state index in [2.05, 4.69) is 10.2 Å². The van der Waals surface area contributed by atoms with E-state index >= 15 is 0 Å². The molecule has 122 valence electrons. The Morgan fingerprint density at radius 1 is 1.14 bits per heavy atom. The molecule has 4 heteroatoms. The average molecular weight is 296 g/mol. The summed E-state index contributed by atoms with van der Waals surface area (Å²) in [5, 5.41) is 3.08. The molecule has 1 fully saturated rings. The van der Waals surface area contributed by atoms with Gasteiger partial charge in [-0.25, -0.2) is 0 Å². The van der Waals surface area contributed by atoms with Crippen LogP contribution in [0.5, 0.6) is 0 Å². The van der Waals surface area contributed by atoms with Gasteiger partial charge in [-0.05, 0) is 33.9 Å². The van der Waals surface area contributed by atoms with Crippen LogP contribution in [0.3, 0.4) is 0 Å². The van der Waals surface area contributed by atoms with Crippen molar-refractivity contribution in [2.75, 3.05) is 20.6 Å². The van der Waals surface area contributed by atoms with Crippen LogP contribution in [0, 0.1) is 17.3 Å². The quantitative estimate of drug-likeness (QED) is 0.848. The van der Waals surface area contributed by atoms with Crippen molar-refractivity contribution < 1.29 is 9.59 Å². The van der Waals surface area contributed by atoms with Gasteiger partial charge in [0, 0.05) is 29.8 Å². The van der Waals surface area contributed by atoms with E-state index in [0.29, 0.717) is 0 Å². The minimum Gasteiger partial charge on any atom is -0.352 e. The fraction of sp³-hybridized carbons (Fsp3) is 0.882. The van der Waals surface area contributed by atoms with Gasteiger partial charge in [-0.2, -0.15) is 0 Å². The summed E-state index contributed by atoms with van der Waals surface area (Å²) >= 11 is 0. The van der Waals surface area contributed by atoms with Crippen LogP contribution in [0.15, 0.2) is 0 Å². The maximum absolute atomic E-state index is 12.6. The first-order valence-corrected chi connectivity index (χ1v) is 8.12. The van der Waals surface area contributed by atoms with E-state index in [1.54, 1.807) is 0 Å². The molecule has 0 aliphatic heterocycles. The van der Waals surface area contributed by atoms with Crippen molar-refractivity contribution in [1.82, 2.24) is 10.2 Å². The first-order valence-electron chi connectivity index (χ1n) is 8.12. The SMILES string of the molecule is CC(CN(C)C)NC(=O)[C@H]1CCCC[C@H]1C(=O)C(C)(C)C. The lowest BCUT2D eigenvalue weighted by Gasteiger charge is -2.34. The zero-order valence-electron chi connectivity index (χ0n) is 14.5. The second-order valence-electron chi connectivity index (χ2n) is 7.78. The van der Waals surface area contributed by atoms with Crippen molar-refractivity contribution in [2.45, 2.75) is 59.4 Å². The van der Waals surface area contributed by atoms with E-state index in [-0.39, 0.29) is 35.0 Å². The van der Waals surface area contributed by atoms with Crippen LogP contribution in [0.4, 0.5) is 0 Å². The average Bonchev–Trinajstić information content (AvgIpc) is 2.35. The maximum atomic E-state index is 12.6. The molecule has 1 aliphatic carbocycles. The monoisotopic (exact) mass is 296 g/mol. The lowest BCUT2D eigenvalue weighted by atomic mass is 9.70.